The molecule has 0 unspecified atom stereocenters. The first kappa shape index (κ1) is 16.3. The number of para-hydroxylation sites is 1. The summed E-state index contributed by atoms with van der Waals surface area (Å²) in [5.41, 5.74) is 1.61. The summed E-state index contributed by atoms with van der Waals surface area (Å²) >= 11 is 0. The van der Waals surface area contributed by atoms with Crippen molar-refractivity contribution in [2.45, 2.75) is 13.0 Å². The van der Waals surface area contributed by atoms with Crippen molar-refractivity contribution in [1.82, 2.24) is 23.7 Å². The molecule has 0 aliphatic heterocycles. The Hall–Kier alpha value is -3.13. The molecule has 134 valence electrons. The molecule has 3 heterocycles. The highest BCUT2D eigenvalue weighted by molar-refractivity contribution is 5.80. The van der Waals surface area contributed by atoms with Gasteiger partial charge in [-0.1, -0.05) is 18.2 Å². The van der Waals surface area contributed by atoms with E-state index in [1.165, 1.54) is 9.13 Å². The Balaban J connectivity index is 1.90. The number of H-pyrrole nitrogens is 1. The molecule has 0 aliphatic rings. The Labute approximate surface area is 148 Å². The number of hydrogen-bond acceptors (Lipinski definition) is 4. The van der Waals surface area contributed by atoms with Gasteiger partial charge >= 0.3 is 5.69 Å². The maximum Gasteiger partial charge on any atom is 0.332 e. The fraction of sp³-hybridized carbons (Fsp3) is 0.278. The average molecular weight is 353 g/mol. The molecular weight excluding hydrogens is 334 g/mol. The van der Waals surface area contributed by atoms with Crippen molar-refractivity contribution in [1.29, 1.82) is 0 Å². The number of aromatic nitrogens is 5. The van der Waals surface area contributed by atoms with Crippen LogP contribution in [0.15, 0.2) is 39.9 Å². The first-order chi connectivity index (χ1) is 12.5. The van der Waals surface area contributed by atoms with Gasteiger partial charge in [0.1, 0.15) is 5.82 Å². The van der Waals surface area contributed by atoms with Crippen molar-refractivity contribution in [2.75, 3.05) is 6.61 Å². The molecule has 0 atom stereocenters. The highest BCUT2D eigenvalue weighted by atomic mass is 16.3. The zero-order chi connectivity index (χ0) is 18.4. The van der Waals surface area contributed by atoms with Gasteiger partial charge < -0.3 is 14.7 Å². The minimum atomic E-state index is -0.421. The van der Waals surface area contributed by atoms with Crippen LogP contribution in [0.4, 0.5) is 0 Å². The predicted molar refractivity (Wildman–Crippen MR) is 98.4 cm³/mol. The molecule has 0 amide bonds. The molecule has 0 fully saturated rings. The molecule has 8 nitrogen and oxygen atoms in total. The number of nitrogens with zero attached hydrogens (tertiary/aromatic N) is 4. The lowest BCUT2D eigenvalue weighted by Gasteiger charge is -2.07. The average Bonchev–Trinajstić information content (AvgIpc) is 3.18. The van der Waals surface area contributed by atoms with Gasteiger partial charge in [-0.25, -0.2) is 9.78 Å². The lowest BCUT2D eigenvalue weighted by molar-refractivity contribution is 0.295. The van der Waals surface area contributed by atoms with Crippen molar-refractivity contribution in [3.8, 4) is 0 Å². The molecular formula is C18H19N5O3. The van der Waals surface area contributed by atoms with Crippen LogP contribution in [0.2, 0.25) is 0 Å². The highest BCUT2D eigenvalue weighted by Crippen LogP contribution is 2.15. The summed E-state index contributed by atoms with van der Waals surface area (Å²) in [6, 6.07) is 9.73. The third kappa shape index (κ3) is 2.38. The fourth-order valence-corrected chi connectivity index (χ4v) is 3.34. The first-order valence-electron chi connectivity index (χ1n) is 8.34. The summed E-state index contributed by atoms with van der Waals surface area (Å²) in [4.78, 5) is 33.3. The summed E-state index contributed by atoms with van der Waals surface area (Å²) < 4.78 is 4.23. The number of aromatic amines is 1. The molecule has 2 N–H and O–H groups in total. The molecule has 0 bridgehead atoms. The van der Waals surface area contributed by atoms with Crippen LogP contribution in [0.1, 0.15) is 11.5 Å². The van der Waals surface area contributed by atoms with Gasteiger partial charge in [-0.05, 0) is 17.5 Å². The van der Waals surface area contributed by atoms with Crippen molar-refractivity contribution in [3.63, 3.8) is 0 Å². The van der Waals surface area contributed by atoms with E-state index in [0.717, 1.165) is 16.6 Å². The second-order valence-corrected chi connectivity index (χ2v) is 6.35. The second kappa shape index (κ2) is 5.99. The minimum Gasteiger partial charge on any atom is -0.396 e. The number of benzene rings is 1. The van der Waals surface area contributed by atoms with E-state index < -0.39 is 5.69 Å². The van der Waals surface area contributed by atoms with Crippen molar-refractivity contribution < 1.29 is 5.11 Å². The Bertz CT molecular complexity index is 1210. The van der Waals surface area contributed by atoms with Crippen LogP contribution < -0.4 is 11.2 Å². The zero-order valence-electron chi connectivity index (χ0n) is 14.6. The summed E-state index contributed by atoms with van der Waals surface area (Å²) in [5, 5.41) is 10.2. The van der Waals surface area contributed by atoms with E-state index in [1.807, 2.05) is 30.3 Å². The molecule has 8 heteroatoms. The maximum absolute atomic E-state index is 13.0. The van der Waals surface area contributed by atoms with E-state index >= 15 is 0 Å². The number of rotatable bonds is 4. The van der Waals surface area contributed by atoms with Crippen molar-refractivity contribution in [3.05, 3.63) is 62.7 Å². The van der Waals surface area contributed by atoms with Gasteiger partial charge in [0.15, 0.2) is 11.2 Å². The summed E-state index contributed by atoms with van der Waals surface area (Å²) in [5.74, 6) is 0.568. The predicted octanol–water partition coefficient (Wildman–Crippen LogP) is 0.498. The number of hydrogen-bond donors (Lipinski definition) is 2. The molecule has 0 saturated heterocycles. The van der Waals surface area contributed by atoms with E-state index in [2.05, 4.69) is 9.97 Å². The highest BCUT2D eigenvalue weighted by Gasteiger charge is 2.18. The quantitative estimate of drug-likeness (QED) is 0.558. The number of fused-ring (bicyclic) bond motifs is 2. The van der Waals surface area contributed by atoms with Gasteiger partial charge in [-0.2, -0.15) is 0 Å². The zero-order valence-corrected chi connectivity index (χ0v) is 14.6. The smallest absolute Gasteiger partial charge is 0.332 e. The lowest BCUT2D eigenvalue weighted by atomic mass is 10.2. The first-order valence-corrected chi connectivity index (χ1v) is 8.34. The molecule has 26 heavy (non-hydrogen) atoms. The Morgan fingerprint density at radius 3 is 2.65 bits per heavy atom. The molecule has 0 radical (unpaired) electrons. The monoisotopic (exact) mass is 353 g/mol. The fourth-order valence-electron chi connectivity index (χ4n) is 3.34. The lowest BCUT2D eigenvalue weighted by Crippen LogP contribution is -2.39. The summed E-state index contributed by atoms with van der Waals surface area (Å²) in [7, 11) is 3.32. The molecule has 0 spiro atoms. The number of nitrogens with one attached hydrogen (secondary N) is 1. The van der Waals surface area contributed by atoms with Crippen LogP contribution in [0.3, 0.4) is 0 Å². The van der Waals surface area contributed by atoms with Gasteiger partial charge in [0.2, 0.25) is 0 Å². The van der Waals surface area contributed by atoms with E-state index in [-0.39, 0.29) is 18.7 Å². The van der Waals surface area contributed by atoms with Gasteiger partial charge in [0, 0.05) is 31.7 Å². The molecule has 3 aromatic heterocycles. The van der Waals surface area contributed by atoms with Gasteiger partial charge in [-0.15, -0.1) is 0 Å². The molecule has 0 aliphatic carbocycles. The minimum absolute atomic E-state index is 0.0750. The SMILES string of the molecule is Cn1c(CCO)nc2c1c(=O)n(Cc1cc3ccccc3[nH]1)c(=O)n2C. The van der Waals surface area contributed by atoms with Crippen LogP contribution >= 0.6 is 0 Å². The molecule has 0 saturated carbocycles. The Kier molecular flexibility index (Phi) is 3.77. The Morgan fingerprint density at radius 2 is 1.92 bits per heavy atom. The third-order valence-electron chi connectivity index (χ3n) is 4.70. The summed E-state index contributed by atoms with van der Waals surface area (Å²) in [6.45, 7) is 0.0744. The van der Waals surface area contributed by atoms with E-state index in [0.29, 0.717) is 23.4 Å². The van der Waals surface area contributed by atoms with Crippen LogP contribution in [-0.4, -0.2) is 35.4 Å². The number of aliphatic hydroxyl groups is 1. The largest absolute Gasteiger partial charge is 0.396 e. The second-order valence-electron chi connectivity index (χ2n) is 6.35. The Morgan fingerprint density at radius 1 is 1.15 bits per heavy atom. The topological polar surface area (TPSA) is 97.8 Å². The van der Waals surface area contributed by atoms with Crippen LogP contribution in [-0.2, 0) is 27.1 Å². The number of imidazole rings is 1. The van der Waals surface area contributed by atoms with E-state index in [4.69, 9.17) is 0 Å². The maximum atomic E-state index is 13.0. The van der Waals surface area contributed by atoms with Crippen LogP contribution in [0.25, 0.3) is 22.1 Å². The standard InChI is InChI=1S/C18H19N5O3/c1-21-14(7-8-24)20-16-15(21)17(25)23(18(26)22(16)2)10-12-9-11-5-3-4-6-13(11)19-12/h3-6,9,19,24H,7-8,10H2,1-2H3. The van der Waals surface area contributed by atoms with Gasteiger partial charge in [-0.3, -0.25) is 13.9 Å². The van der Waals surface area contributed by atoms with Gasteiger partial charge in [0.25, 0.3) is 5.56 Å². The molecule has 1 aromatic carbocycles. The molecule has 4 rings (SSSR count). The third-order valence-corrected chi connectivity index (χ3v) is 4.70. The normalized spacial score (nSPS) is 11.7. The number of aryl methyl sites for hydroxylation is 2. The van der Waals surface area contributed by atoms with E-state index in [9.17, 15) is 14.7 Å². The van der Waals surface area contributed by atoms with Crippen LogP contribution in [0.5, 0.6) is 0 Å². The van der Waals surface area contributed by atoms with E-state index in [1.54, 1.807) is 18.7 Å². The number of aliphatic hydroxyl groups excluding tert-OH is 1. The van der Waals surface area contributed by atoms with Crippen LogP contribution in [0, 0.1) is 0 Å². The van der Waals surface area contributed by atoms with Crippen molar-refractivity contribution in [2.24, 2.45) is 14.1 Å². The molecule has 4 aromatic rings. The van der Waals surface area contributed by atoms with Crippen molar-refractivity contribution >= 4 is 22.1 Å². The van der Waals surface area contributed by atoms with Gasteiger partial charge in [0.05, 0.1) is 13.2 Å². The summed E-state index contributed by atoms with van der Waals surface area (Å²) in [6.07, 6.45) is 0.320.